The summed E-state index contributed by atoms with van der Waals surface area (Å²) in [6, 6.07) is 0. The van der Waals surface area contributed by atoms with Gasteiger partial charge in [0.2, 0.25) is 5.82 Å². The fourth-order valence-corrected chi connectivity index (χ4v) is 3.51. The molecule has 0 spiro atoms. The smallest absolute Gasteiger partial charge is 0.291 e. The Bertz CT molecular complexity index is 672. The number of rotatable bonds is 2. The number of aryl methyl sites for hydroxylation is 1. The molecule has 8 nitrogen and oxygen atoms in total. The van der Waals surface area contributed by atoms with Gasteiger partial charge >= 0.3 is 0 Å². The lowest BCUT2D eigenvalue weighted by molar-refractivity contribution is 0.0771. The Balaban J connectivity index is 1.45. The maximum Gasteiger partial charge on any atom is 0.291 e. The first-order chi connectivity index (χ1) is 10.7. The lowest BCUT2D eigenvalue weighted by Crippen LogP contribution is -2.34. The van der Waals surface area contributed by atoms with Crippen LogP contribution in [0.4, 0.5) is 5.82 Å². The monoisotopic (exact) mass is 299 g/mol. The van der Waals surface area contributed by atoms with E-state index in [2.05, 4.69) is 30.0 Å². The first-order valence-corrected chi connectivity index (χ1v) is 7.38. The summed E-state index contributed by atoms with van der Waals surface area (Å²) in [6.07, 6.45) is 4.80. The van der Waals surface area contributed by atoms with Crippen LogP contribution in [0.2, 0.25) is 0 Å². The normalized spacial score (nSPS) is 23.9. The third kappa shape index (κ3) is 2.11. The first-order valence-electron chi connectivity index (χ1n) is 7.38. The van der Waals surface area contributed by atoms with Crippen LogP contribution < -0.4 is 4.90 Å². The standard InChI is InChI=1S/C14H17N7O/c1-9-2-15-7-17-13(9)20-3-10-5-21(6-11(10)4-20)14(22)12-16-8-18-19-12/h2,7-8,10-11H,3-6H2,1H3,(H,16,18,19). The van der Waals surface area contributed by atoms with Crippen LogP contribution >= 0.6 is 0 Å². The van der Waals surface area contributed by atoms with Gasteiger partial charge in [0.1, 0.15) is 18.5 Å². The number of aromatic amines is 1. The number of nitrogens with one attached hydrogen (secondary N) is 1. The Morgan fingerprint density at radius 1 is 1.18 bits per heavy atom. The molecule has 2 aromatic heterocycles. The topological polar surface area (TPSA) is 90.9 Å². The molecule has 2 saturated heterocycles. The zero-order chi connectivity index (χ0) is 15.1. The van der Waals surface area contributed by atoms with E-state index in [0.29, 0.717) is 17.7 Å². The minimum atomic E-state index is -0.0586. The summed E-state index contributed by atoms with van der Waals surface area (Å²) in [6.45, 7) is 5.43. The van der Waals surface area contributed by atoms with E-state index in [1.807, 2.05) is 18.0 Å². The summed E-state index contributed by atoms with van der Waals surface area (Å²) < 4.78 is 0. The van der Waals surface area contributed by atoms with Crippen molar-refractivity contribution in [3.05, 3.63) is 30.2 Å². The minimum Gasteiger partial charge on any atom is -0.356 e. The number of hydrogen-bond donors (Lipinski definition) is 1. The van der Waals surface area contributed by atoms with Crippen molar-refractivity contribution >= 4 is 11.7 Å². The highest BCUT2D eigenvalue weighted by Gasteiger charge is 2.42. The molecule has 8 heteroatoms. The second-order valence-corrected chi connectivity index (χ2v) is 6.00. The average Bonchev–Trinajstić information content (AvgIpc) is 3.22. The molecule has 2 atom stereocenters. The molecule has 4 rings (SSSR count). The first kappa shape index (κ1) is 13.2. The van der Waals surface area contributed by atoms with E-state index >= 15 is 0 Å². The molecule has 0 aromatic carbocycles. The van der Waals surface area contributed by atoms with E-state index in [4.69, 9.17) is 0 Å². The fraction of sp³-hybridized carbons (Fsp3) is 0.500. The van der Waals surface area contributed by atoms with Crippen LogP contribution in [0.15, 0.2) is 18.9 Å². The van der Waals surface area contributed by atoms with Crippen molar-refractivity contribution in [3.8, 4) is 0 Å². The molecule has 0 aliphatic carbocycles. The molecule has 2 unspecified atom stereocenters. The van der Waals surface area contributed by atoms with Crippen molar-refractivity contribution in [1.82, 2.24) is 30.0 Å². The van der Waals surface area contributed by atoms with Crippen LogP contribution in [0.5, 0.6) is 0 Å². The number of anilines is 1. The van der Waals surface area contributed by atoms with Crippen molar-refractivity contribution in [1.29, 1.82) is 0 Å². The number of hydrogen-bond acceptors (Lipinski definition) is 6. The molecule has 1 N–H and O–H groups in total. The molecule has 22 heavy (non-hydrogen) atoms. The molecular formula is C14H17N7O. The van der Waals surface area contributed by atoms with E-state index in [9.17, 15) is 4.79 Å². The maximum atomic E-state index is 12.3. The highest BCUT2D eigenvalue weighted by Crippen LogP contribution is 2.34. The Kier molecular flexibility index (Phi) is 3.02. The number of fused-ring (bicyclic) bond motifs is 1. The molecule has 0 bridgehead atoms. The van der Waals surface area contributed by atoms with Gasteiger partial charge in [-0.25, -0.2) is 15.0 Å². The van der Waals surface area contributed by atoms with Gasteiger partial charge in [0.15, 0.2) is 0 Å². The zero-order valence-corrected chi connectivity index (χ0v) is 12.3. The number of H-pyrrole nitrogens is 1. The number of aromatic nitrogens is 5. The average molecular weight is 299 g/mol. The molecule has 0 radical (unpaired) electrons. The molecule has 2 fully saturated rings. The molecule has 0 saturated carbocycles. The summed E-state index contributed by atoms with van der Waals surface area (Å²) in [5.74, 6) is 2.25. The highest BCUT2D eigenvalue weighted by molar-refractivity contribution is 5.90. The number of nitrogens with zero attached hydrogens (tertiary/aromatic N) is 6. The SMILES string of the molecule is Cc1cncnc1N1CC2CN(C(=O)c3ncn[nH]3)CC2C1. The summed E-state index contributed by atoms with van der Waals surface area (Å²) in [5.41, 5.74) is 1.09. The van der Waals surface area contributed by atoms with Crippen molar-refractivity contribution < 1.29 is 4.79 Å². The van der Waals surface area contributed by atoms with Crippen molar-refractivity contribution in [2.24, 2.45) is 11.8 Å². The molecular weight excluding hydrogens is 282 g/mol. The molecule has 4 heterocycles. The van der Waals surface area contributed by atoms with Crippen LogP contribution in [0.3, 0.4) is 0 Å². The van der Waals surface area contributed by atoms with E-state index in [1.54, 1.807) is 6.33 Å². The van der Waals surface area contributed by atoms with E-state index in [1.165, 1.54) is 6.33 Å². The maximum absolute atomic E-state index is 12.3. The summed E-state index contributed by atoms with van der Waals surface area (Å²) >= 11 is 0. The van der Waals surface area contributed by atoms with Crippen LogP contribution in [0.25, 0.3) is 0 Å². The summed E-state index contributed by atoms with van der Waals surface area (Å²) in [5, 5.41) is 6.38. The minimum absolute atomic E-state index is 0.0586. The van der Waals surface area contributed by atoms with Gasteiger partial charge in [0, 0.05) is 49.8 Å². The van der Waals surface area contributed by atoms with Crippen molar-refractivity contribution in [3.63, 3.8) is 0 Å². The lowest BCUT2D eigenvalue weighted by atomic mass is 10.0. The summed E-state index contributed by atoms with van der Waals surface area (Å²) in [7, 11) is 0. The van der Waals surface area contributed by atoms with Gasteiger partial charge in [-0.3, -0.25) is 9.89 Å². The molecule has 1 amide bonds. The van der Waals surface area contributed by atoms with Gasteiger partial charge in [-0.2, -0.15) is 5.10 Å². The van der Waals surface area contributed by atoms with Crippen molar-refractivity contribution in [2.75, 3.05) is 31.1 Å². The van der Waals surface area contributed by atoms with E-state index in [0.717, 1.165) is 37.6 Å². The number of amides is 1. The van der Waals surface area contributed by atoms with Gasteiger partial charge < -0.3 is 9.80 Å². The van der Waals surface area contributed by atoms with Gasteiger partial charge in [-0.15, -0.1) is 0 Å². The quantitative estimate of drug-likeness (QED) is 0.846. The predicted molar refractivity (Wildman–Crippen MR) is 78.2 cm³/mol. The molecule has 2 aliphatic rings. The number of carbonyl (C=O) groups is 1. The van der Waals surface area contributed by atoms with Crippen LogP contribution in [0.1, 0.15) is 16.2 Å². The Morgan fingerprint density at radius 2 is 1.95 bits per heavy atom. The fourth-order valence-electron chi connectivity index (χ4n) is 3.51. The Labute approximate surface area is 127 Å². The van der Waals surface area contributed by atoms with Gasteiger partial charge in [0.05, 0.1) is 0 Å². The van der Waals surface area contributed by atoms with Gasteiger partial charge in [0.25, 0.3) is 5.91 Å². The Hall–Kier alpha value is -2.51. The van der Waals surface area contributed by atoms with Gasteiger partial charge in [-0.1, -0.05) is 0 Å². The molecule has 2 aromatic rings. The number of likely N-dealkylation sites (tertiary alicyclic amines) is 1. The zero-order valence-electron chi connectivity index (χ0n) is 12.3. The van der Waals surface area contributed by atoms with E-state index < -0.39 is 0 Å². The van der Waals surface area contributed by atoms with Crippen LogP contribution in [-0.2, 0) is 0 Å². The summed E-state index contributed by atoms with van der Waals surface area (Å²) in [4.78, 5) is 28.9. The second-order valence-electron chi connectivity index (χ2n) is 6.00. The second kappa shape index (κ2) is 5.04. The highest BCUT2D eigenvalue weighted by atomic mass is 16.2. The lowest BCUT2D eigenvalue weighted by Gasteiger charge is -2.22. The Morgan fingerprint density at radius 3 is 2.59 bits per heavy atom. The number of carbonyl (C=O) groups excluding carboxylic acids is 1. The molecule has 114 valence electrons. The van der Waals surface area contributed by atoms with Crippen molar-refractivity contribution in [2.45, 2.75) is 6.92 Å². The third-order valence-corrected chi connectivity index (χ3v) is 4.56. The largest absolute Gasteiger partial charge is 0.356 e. The van der Waals surface area contributed by atoms with Crippen LogP contribution in [0, 0.1) is 18.8 Å². The van der Waals surface area contributed by atoms with E-state index in [-0.39, 0.29) is 5.91 Å². The molecule has 2 aliphatic heterocycles. The third-order valence-electron chi connectivity index (χ3n) is 4.56. The predicted octanol–water partition coefficient (Wildman–Crippen LogP) is 0.112. The van der Waals surface area contributed by atoms with Gasteiger partial charge in [-0.05, 0) is 6.92 Å². The van der Waals surface area contributed by atoms with Crippen LogP contribution in [-0.4, -0.2) is 62.1 Å².